The van der Waals surface area contributed by atoms with Gasteiger partial charge in [-0.1, -0.05) is 30.8 Å². The van der Waals surface area contributed by atoms with Crippen molar-refractivity contribution in [3.05, 3.63) is 40.3 Å². The van der Waals surface area contributed by atoms with E-state index in [0.717, 1.165) is 12.5 Å². The number of amides is 2. The number of carbonyl (C=O) groups excluding carboxylic acids is 2. The molecule has 0 radical (unpaired) electrons. The summed E-state index contributed by atoms with van der Waals surface area (Å²) in [5, 5.41) is 9.12. The van der Waals surface area contributed by atoms with Gasteiger partial charge in [-0.15, -0.1) is 5.10 Å². The number of thioether (sulfide) groups is 1. The van der Waals surface area contributed by atoms with E-state index in [4.69, 9.17) is 0 Å². The highest BCUT2D eigenvalue weighted by Crippen LogP contribution is 2.34. The first-order valence-corrected chi connectivity index (χ1v) is 11.4. The lowest BCUT2D eigenvalue weighted by molar-refractivity contribution is -0.137. The Morgan fingerprint density at radius 2 is 1.88 bits per heavy atom. The van der Waals surface area contributed by atoms with Crippen LogP contribution in [-0.2, 0) is 22.3 Å². The third-order valence-corrected chi connectivity index (χ3v) is 6.06. The molecule has 0 atom stereocenters. The Morgan fingerprint density at radius 1 is 1.18 bits per heavy atom. The van der Waals surface area contributed by atoms with Crippen molar-refractivity contribution in [3.63, 3.8) is 0 Å². The smallest absolute Gasteiger partial charge is 0.339 e. The van der Waals surface area contributed by atoms with Gasteiger partial charge >= 0.3 is 11.9 Å². The van der Waals surface area contributed by atoms with Crippen LogP contribution in [0.15, 0.2) is 34.2 Å². The summed E-state index contributed by atoms with van der Waals surface area (Å²) >= 11 is 1.19. The van der Waals surface area contributed by atoms with E-state index in [0.29, 0.717) is 37.9 Å². The second kappa shape index (κ2) is 10.9. The Kier molecular flexibility index (Phi) is 8.19. The molecule has 9 nitrogen and oxygen atoms in total. The highest BCUT2D eigenvalue weighted by Gasteiger charge is 2.33. The molecule has 33 heavy (non-hydrogen) atoms. The number of anilines is 1. The van der Waals surface area contributed by atoms with E-state index in [1.54, 1.807) is 9.80 Å². The number of carbonyl (C=O) groups is 2. The highest BCUT2D eigenvalue weighted by atomic mass is 32.2. The van der Waals surface area contributed by atoms with Gasteiger partial charge in [-0.3, -0.25) is 19.1 Å². The first-order chi connectivity index (χ1) is 15.7. The van der Waals surface area contributed by atoms with E-state index in [1.807, 2.05) is 6.92 Å². The number of H-pyrrole nitrogens is 1. The highest BCUT2D eigenvalue weighted by molar-refractivity contribution is 7.99. The number of hydrogen-bond donors (Lipinski definition) is 2. The van der Waals surface area contributed by atoms with Crippen LogP contribution >= 0.6 is 11.8 Å². The van der Waals surface area contributed by atoms with Crippen LogP contribution in [0.4, 0.5) is 18.9 Å². The summed E-state index contributed by atoms with van der Waals surface area (Å²) in [4.78, 5) is 40.0. The van der Waals surface area contributed by atoms with Crippen LogP contribution in [-0.4, -0.2) is 74.9 Å². The molecular formula is C20H25F3N6O3S. The van der Waals surface area contributed by atoms with Crippen LogP contribution in [0.2, 0.25) is 0 Å². The van der Waals surface area contributed by atoms with Crippen molar-refractivity contribution in [1.82, 2.24) is 24.6 Å². The van der Waals surface area contributed by atoms with Gasteiger partial charge in [-0.25, -0.2) is 9.89 Å². The van der Waals surface area contributed by atoms with Crippen molar-refractivity contribution in [3.8, 4) is 0 Å². The zero-order valence-electron chi connectivity index (χ0n) is 18.0. The third kappa shape index (κ3) is 6.60. The van der Waals surface area contributed by atoms with Crippen molar-refractivity contribution in [2.24, 2.45) is 0 Å². The molecule has 1 aliphatic heterocycles. The molecule has 2 heterocycles. The fourth-order valence-electron chi connectivity index (χ4n) is 3.44. The molecule has 13 heteroatoms. The maximum atomic E-state index is 13.1. The minimum absolute atomic E-state index is 0.0699. The number of alkyl halides is 3. The molecule has 1 aromatic heterocycles. The topological polar surface area (TPSA) is 103 Å². The van der Waals surface area contributed by atoms with Gasteiger partial charge in [-0.05, 0) is 18.6 Å². The second-order valence-electron chi connectivity index (χ2n) is 7.50. The number of aromatic amines is 1. The number of nitrogens with one attached hydrogen (secondary N) is 2. The van der Waals surface area contributed by atoms with Crippen LogP contribution in [0.25, 0.3) is 0 Å². The van der Waals surface area contributed by atoms with E-state index in [2.05, 4.69) is 15.5 Å². The maximum absolute atomic E-state index is 13.1. The molecule has 2 N–H and O–H groups in total. The molecule has 0 aliphatic carbocycles. The molecule has 0 saturated carbocycles. The zero-order chi connectivity index (χ0) is 24.0. The van der Waals surface area contributed by atoms with E-state index in [9.17, 15) is 27.6 Å². The van der Waals surface area contributed by atoms with Crippen molar-refractivity contribution >= 4 is 29.3 Å². The van der Waals surface area contributed by atoms with Gasteiger partial charge in [0.1, 0.15) is 0 Å². The molecule has 1 aliphatic rings. The van der Waals surface area contributed by atoms with Crippen molar-refractivity contribution in [2.45, 2.75) is 31.2 Å². The standard InChI is InChI=1S/C20H25F3N6O3S/c1-2-7-29-18(32)25-26-19(29)33-13-17(31)28-10-8-27(9-11-28)12-16(30)24-15-6-4-3-5-14(15)20(21,22)23/h3-6H,2,7-13H2,1H3,(H,24,30)(H,25,32). The minimum atomic E-state index is -4.56. The van der Waals surface area contributed by atoms with Crippen molar-refractivity contribution < 1.29 is 22.8 Å². The van der Waals surface area contributed by atoms with Crippen LogP contribution in [0.1, 0.15) is 18.9 Å². The molecule has 1 saturated heterocycles. The lowest BCUT2D eigenvalue weighted by atomic mass is 10.1. The van der Waals surface area contributed by atoms with Crippen LogP contribution in [0.3, 0.4) is 0 Å². The number of nitrogens with zero attached hydrogens (tertiary/aromatic N) is 4. The van der Waals surface area contributed by atoms with Crippen molar-refractivity contribution in [2.75, 3.05) is 43.8 Å². The number of para-hydroxylation sites is 1. The maximum Gasteiger partial charge on any atom is 0.418 e. The summed E-state index contributed by atoms with van der Waals surface area (Å²) in [6, 6.07) is 4.83. The molecule has 1 fully saturated rings. The number of piperazine rings is 1. The lowest BCUT2D eigenvalue weighted by Gasteiger charge is -2.34. The molecule has 3 rings (SSSR count). The normalized spacial score (nSPS) is 15.0. The monoisotopic (exact) mass is 486 g/mol. The van der Waals surface area contributed by atoms with Gasteiger partial charge in [0.2, 0.25) is 11.8 Å². The summed E-state index contributed by atoms with van der Waals surface area (Å²) in [5.41, 5.74) is -1.48. The van der Waals surface area contributed by atoms with Crippen LogP contribution in [0.5, 0.6) is 0 Å². The average Bonchev–Trinajstić information content (AvgIpc) is 3.12. The first-order valence-electron chi connectivity index (χ1n) is 10.4. The van der Waals surface area contributed by atoms with Gasteiger partial charge in [-0.2, -0.15) is 13.2 Å². The second-order valence-corrected chi connectivity index (χ2v) is 8.44. The van der Waals surface area contributed by atoms with Crippen LogP contribution in [0, 0.1) is 0 Å². The van der Waals surface area contributed by atoms with E-state index >= 15 is 0 Å². The Hall–Kier alpha value is -2.80. The number of benzene rings is 1. The number of hydrogen-bond acceptors (Lipinski definition) is 6. The van der Waals surface area contributed by atoms with E-state index in [1.165, 1.54) is 34.5 Å². The average molecular weight is 487 g/mol. The Balaban J connectivity index is 1.46. The predicted molar refractivity (Wildman–Crippen MR) is 117 cm³/mol. The summed E-state index contributed by atoms with van der Waals surface area (Å²) in [6.45, 7) is 4.02. The SMILES string of the molecule is CCCn1c(SCC(=O)N2CCN(CC(=O)Nc3ccccc3C(F)(F)F)CC2)n[nH]c1=O. The van der Waals surface area contributed by atoms with Gasteiger partial charge in [0.05, 0.1) is 23.5 Å². The molecular weight excluding hydrogens is 461 g/mol. The molecule has 2 aromatic rings. The molecule has 1 aromatic carbocycles. The van der Waals surface area contributed by atoms with Crippen LogP contribution < -0.4 is 11.0 Å². The predicted octanol–water partition coefficient (Wildman–Crippen LogP) is 1.88. The largest absolute Gasteiger partial charge is 0.418 e. The first kappa shape index (κ1) is 24.8. The fraction of sp³-hybridized carbons (Fsp3) is 0.500. The molecule has 0 bridgehead atoms. The molecule has 180 valence electrons. The number of halogens is 3. The third-order valence-electron chi connectivity index (χ3n) is 5.09. The minimum Gasteiger partial charge on any atom is -0.339 e. The lowest BCUT2D eigenvalue weighted by Crippen LogP contribution is -2.51. The van der Waals surface area contributed by atoms with E-state index in [-0.39, 0.29) is 29.6 Å². The quantitative estimate of drug-likeness (QED) is 0.553. The van der Waals surface area contributed by atoms with E-state index < -0.39 is 17.6 Å². The number of aromatic nitrogens is 3. The zero-order valence-corrected chi connectivity index (χ0v) is 18.8. The van der Waals surface area contributed by atoms with Gasteiger partial charge in [0.15, 0.2) is 5.16 Å². The summed E-state index contributed by atoms with van der Waals surface area (Å²) in [6.07, 6.45) is -3.80. The van der Waals surface area contributed by atoms with Gasteiger partial charge in [0.25, 0.3) is 0 Å². The van der Waals surface area contributed by atoms with Gasteiger partial charge < -0.3 is 10.2 Å². The number of rotatable bonds is 8. The molecule has 2 amide bonds. The van der Waals surface area contributed by atoms with Crippen molar-refractivity contribution in [1.29, 1.82) is 0 Å². The fourth-order valence-corrected chi connectivity index (χ4v) is 4.31. The summed E-state index contributed by atoms with van der Waals surface area (Å²) in [5.74, 6) is -0.529. The summed E-state index contributed by atoms with van der Waals surface area (Å²) in [7, 11) is 0. The summed E-state index contributed by atoms with van der Waals surface area (Å²) < 4.78 is 40.7. The molecule has 0 unspecified atom stereocenters. The Labute approximate surface area is 192 Å². The Bertz CT molecular complexity index is 1030. The Morgan fingerprint density at radius 3 is 2.55 bits per heavy atom. The van der Waals surface area contributed by atoms with Gasteiger partial charge in [0, 0.05) is 32.7 Å². The molecule has 0 spiro atoms.